The number of carbonyl (C=O) groups is 2. The molecule has 3 rings (SSSR count). The number of hydrogen-bond donors (Lipinski definition) is 1. The number of amides is 1. The summed E-state index contributed by atoms with van der Waals surface area (Å²) < 4.78 is 18.9. The number of carbonyl (C=O) groups excluding carboxylic acids is 2. The van der Waals surface area contributed by atoms with Crippen LogP contribution >= 0.6 is 0 Å². The average Bonchev–Trinajstić information content (AvgIpc) is 2.86. The molecule has 1 heterocycles. The van der Waals surface area contributed by atoms with Crippen LogP contribution in [-0.4, -0.2) is 35.9 Å². The van der Waals surface area contributed by atoms with Crippen molar-refractivity contribution in [3.63, 3.8) is 0 Å². The van der Waals surface area contributed by atoms with Crippen LogP contribution < -0.4 is 4.74 Å². The lowest BCUT2D eigenvalue weighted by Crippen LogP contribution is -2.24. The Labute approximate surface area is 150 Å². The molecule has 1 saturated heterocycles. The molecule has 2 aromatic rings. The summed E-state index contributed by atoms with van der Waals surface area (Å²) in [5, 5.41) is 10.7. The number of rotatable bonds is 3. The SMILES string of the molecule is COc1ccc(/C(O)=C2\C(=O)C(=O)N(C)C2c2ccc(C)cc2)cc1F. The number of likely N-dealkylation sites (N-methyl/N-ethyl adjacent to an activating group) is 1. The predicted molar refractivity (Wildman–Crippen MR) is 94.2 cm³/mol. The van der Waals surface area contributed by atoms with Gasteiger partial charge in [0.1, 0.15) is 5.76 Å². The zero-order chi connectivity index (χ0) is 19.0. The van der Waals surface area contributed by atoms with E-state index in [0.717, 1.165) is 11.6 Å². The number of benzene rings is 2. The van der Waals surface area contributed by atoms with Crippen molar-refractivity contribution in [3.8, 4) is 5.75 Å². The molecule has 0 aliphatic carbocycles. The molecule has 1 aliphatic rings. The van der Waals surface area contributed by atoms with Crippen LogP contribution in [0.1, 0.15) is 22.7 Å². The maximum atomic E-state index is 14.0. The van der Waals surface area contributed by atoms with Crippen LogP contribution in [0.2, 0.25) is 0 Å². The fourth-order valence-corrected chi connectivity index (χ4v) is 3.06. The number of likely N-dealkylation sites (tertiary alicyclic amines) is 1. The van der Waals surface area contributed by atoms with Gasteiger partial charge in [-0.05, 0) is 30.7 Å². The minimum absolute atomic E-state index is 0.0209. The van der Waals surface area contributed by atoms with Gasteiger partial charge in [0.25, 0.3) is 11.7 Å². The van der Waals surface area contributed by atoms with E-state index in [0.29, 0.717) is 5.56 Å². The summed E-state index contributed by atoms with van der Waals surface area (Å²) in [7, 11) is 2.83. The van der Waals surface area contributed by atoms with Crippen molar-refractivity contribution >= 4 is 17.4 Å². The highest BCUT2D eigenvalue weighted by Crippen LogP contribution is 2.38. The van der Waals surface area contributed by atoms with Crippen LogP contribution in [0.15, 0.2) is 48.0 Å². The molecule has 26 heavy (non-hydrogen) atoms. The van der Waals surface area contributed by atoms with Gasteiger partial charge in [0, 0.05) is 12.6 Å². The molecule has 0 saturated carbocycles. The van der Waals surface area contributed by atoms with Gasteiger partial charge in [-0.15, -0.1) is 0 Å². The van der Waals surface area contributed by atoms with Gasteiger partial charge < -0.3 is 14.7 Å². The second kappa shape index (κ2) is 6.63. The summed E-state index contributed by atoms with van der Waals surface area (Å²) in [6.45, 7) is 1.92. The monoisotopic (exact) mass is 355 g/mol. The third-order valence-electron chi connectivity index (χ3n) is 4.49. The lowest BCUT2D eigenvalue weighted by Gasteiger charge is -2.21. The lowest BCUT2D eigenvalue weighted by molar-refractivity contribution is -0.139. The van der Waals surface area contributed by atoms with Crippen LogP contribution in [0.25, 0.3) is 5.76 Å². The highest BCUT2D eigenvalue weighted by Gasteiger charge is 2.44. The van der Waals surface area contributed by atoms with E-state index in [2.05, 4.69) is 0 Å². The molecule has 1 amide bonds. The molecule has 1 aliphatic heterocycles. The molecule has 1 atom stereocenters. The van der Waals surface area contributed by atoms with Gasteiger partial charge in [-0.2, -0.15) is 0 Å². The van der Waals surface area contributed by atoms with E-state index < -0.39 is 29.3 Å². The van der Waals surface area contributed by atoms with Crippen molar-refractivity contribution in [2.45, 2.75) is 13.0 Å². The van der Waals surface area contributed by atoms with Crippen molar-refractivity contribution < 1.29 is 23.8 Å². The third kappa shape index (κ3) is 2.83. The zero-order valence-corrected chi connectivity index (χ0v) is 14.6. The van der Waals surface area contributed by atoms with Gasteiger partial charge in [0.2, 0.25) is 0 Å². The number of ether oxygens (including phenoxy) is 1. The van der Waals surface area contributed by atoms with Crippen molar-refractivity contribution in [1.29, 1.82) is 0 Å². The topological polar surface area (TPSA) is 66.8 Å². The number of aliphatic hydroxyl groups excluding tert-OH is 1. The van der Waals surface area contributed by atoms with Crippen LogP contribution in [0.4, 0.5) is 4.39 Å². The van der Waals surface area contributed by atoms with Crippen molar-refractivity contribution in [1.82, 2.24) is 4.90 Å². The summed E-state index contributed by atoms with van der Waals surface area (Å²) in [6.07, 6.45) is 0. The average molecular weight is 355 g/mol. The van der Waals surface area contributed by atoms with Crippen LogP contribution in [0.3, 0.4) is 0 Å². The van der Waals surface area contributed by atoms with E-state index in [1.165, 1.54) is 31.2 Å². The van der Waals surface area contributed by atoms with E-state index in [9.17, 15) is 19.1 Å². The second-order valence-electron chi connectivity index (χ2n) is 6.17. The van der Waals surface area contributed by atoms with E-state index in [-0.39, 0.29) is 16.9 Å². The molecule has 0 aromatic heterocycles. The molecule has 0 spiro atoms. The molecule has 0 radical (unpaired) electrons. The number of halogens is 1. The molecule has 0 bridgehead atoms. The number of Topliss-reactive ketones (excluding diaryl/α,β-unsaturated/α-hetero) is 1. The maximum absolute atomic E-state index is 14.0. The number of ketones is 1. The Balaban J connectivity index is 2.16. The Kier molecular flexibility index (Phi) is 4.50. The van der Waals surface area contributed by atoms with Gasteiger partial charge in [-0.1, -0.05) is 29.8 Å². The van der Waals surface area contributed by atoms with E-state index in [4.69, 9.17) is 4.74 Å². The molecule has 1 fully saturated rings. The van der Waals surface area contributed by atoms with Crippen molar-refractivity contribution in [2.24, 2.45) is 0 Å². The summed E-state index contributed by atoms with van der Waals surface area (Å²) in [5.41, 5.74) is 1.75. The number of aliphatic hydroxyl groups is 1. The normalized spacial score (nSPS) is 19.1. The van der Waals surface area contributed by atoms with Gasteiger partial charge in [-0.3, -0.25) is 9.59 Å². The lowest BCUT2D eigenvalue weighted by atomic mass is 9.95. The fraction of sp³-hybridized carbons (Fsp3) is 0.200. The zero-order valence-electron chi connectivity index (χ0n) is 14.6. The van der Waals surface area contributed by atoms with Crippen LogP contribution in [0, 0.1) is 12.7 Å². The van der Waals surface area contributed by atoms with Crippen molar-refractivity contribution in [3.05, 3.63) is 70.5 Å². The first kappa shape index (κ1) is 17.7. The Morgan fingerprint density at radius 3 is 2.38 bits per heavy atom. The maximum Gasteiger partial charge on any atom is 0.295 e. The molecule has 2 aromatic carbocycles. The molecule has 6 heteroatoms. The molecular weight excluding hydrogens is 337 g/mol. The summed E-state index contributed by atoms with van der Waals surface area (Å²) >= 11 is 0. The minimum atomic E-state index is -0.799. The van der Waals surface area contributed by atoms with Crippen LogP contribution in [-0.2, 0) is 9.59 Å². The molecular formula is C20H18FNO4. The molecule has 5 nitrogen and oxygen atoms in total. The van der Waals surface area contributed by atoms with Gasteiger partial charge in [0.15, 0.2) is 11.6 Å². The Morgan fingerprint density at radius 1 is 1.15 bits per heavy atom. The number of hydrogen-bond acceptors (Lipinski definition) is 4. The number of nitrogens with zero attached hydrogens (tertiary/aromatic N) is 1. The van der Waals surface area contributed by atoms with Gasteiger partial charge >= 0.3 is 0 Å². The van der Waals surface area contributed by atoms with Crippen molar-refractivity contribution in [2.75, 3.05) is 14.2 Å². The first-order valence-corrected chi connectivity index (χ1v) is 8.00. The first-order valence-electron chi connectivity index (χ1n) is 8.00. The largest absolute Gasteiger partial charge is 0.507 e. The molecule has 1 N–H and O–H groups in total. The summed E-state index contributed by atoms with van der Waals surface area (Å²) in [5.74, 6) is -2.58. The number of methoxy groups -OCH3 is 1. The number of aryl methyl sites for hydroxylation is 1. The summed E-state index contributed by atoms with van der Waals surface area (Å²) in [4.78, 5) is 25.9. The predicted octanol–water partition coefficient (Wildman–Crippen LogP) is 3.19. The minimum Gasteiger partial charge on any atom is -0.507 e. The molecule has 134 valence electrons. The van der Waals surface area contributed by atoms with E-state index >= 15 is 0 Å². The first-order chi connectivity index (χ1) is 12.3. The third-order valence-corrected chi connectivity index (χ3v) is 4.49. The van der Waals surface area contributed by atoms with E-state index in [1.54, 1.807) is 12.1 Å². The van der Waals surface area contributed by atoms with E-state index in [1.807, 2.05) is 19.1 Å². The highest BCUT2D eigenvalue weighted by molar-refractivity contribution is 6.46. The second-order valence-corrected chi connectivity index (χ2v) is 6.17. The van der Waals surface area contributed by atoms with Gasteiger partial charge in [-0.25, -0.2) is 4.39 Å². The summed E-state index contributed by atoms with van der Waals surface area (Å²) in [6, 6.07) is 10.4. The van der Waals surface area contributed by atoms with Crippen LogP contribution in [0.5, 0.6) is 5.75 Å². The van der Waals surface area contributed by atoms with Gasteiger partial charge in [0.05, 0.1) is 18.7 Å². The Morgan fingerprint density at radius 2 is 1.81 bits per heavy atom. The Hall–Kier alpha value is -3.15. The fourth-order valence-electron chi connectivity index (χ4n) is 3.06. The highest BCUT2D eigenvalue weighted by atomic mass is 19.1. The smallest absolute Gasteiger partial charge is 0.295 e. The quantitative estimate of drug-likeness (QED) is 0.522. The standard InChI is InChI=1S/C20H18FNO4/c1-11-4-6-12(7-5-11)17-16(19(24)20(25)22(17)2)18(23)13-8-9-15(26-3)14(21)10-13/h4-10,17,23H,1-3H3/b18-16+. The molecule has 1 unspecified atom stereocenters. The Bertz CT molecular complexity index is 918.